The molecule has 0 amide bonds. The molecule has 104 valence electrons. The fourth-order valence-corrected chi connectivity index (χ4v) is 3.40. The zero-order chi connectivity index (χ0) is 13.2. The molecule has 1 atom stereocenters. The molecule has 0 aromatic rings. The molecule has 0 spiro atoms. The second-order valence-electron chi connectivity index (χ2n) is 6.68. The first-order valence-electron chi connectivity index (χ1n) is 7.28. The lowest BCUT2D eigenvalue weighted by molar-refractivity contribution is -0.128. The van der Waals surface area contributed by atoms with E-state index in [1.54, 1.807) is 7.11 Å². The number of ketones is 1. The van der Waals surface area contributed by atoms with Gasteiger partial charge in [-0.2, -0.15) is 0 Å². The molecule has 1 aliphatic carbocycles. The molecule has 1 aliphatic heterocycles. The molecule has 0 radical (unpaired) electrons. The largest absolute Gasteiger partial charge is 0.384 e. The van der Waals surface area contributed by atoms with Crippen LogP contribution in [0.4, 0.5) is 0 Å². The lowest BCUT2D eigenvalue weighted by atomic mass is 9.88. The third-order valence-corrected chi connectivity index (χ3v) is 4.74. The van der Waals surface area contributed by atoms with Crippen LogP contribution in [0.15, 0.2) is 0 Å². The highest BCUT2D eigenvalue weighted by Crippen LogP contribution is 2.38. The summed E-state index contributed by atoms with van der Waals surface area (Å²) in [6.07, 6.45) is 4.59. The molecule has 0 aromatic heterocycles. The van der Waals surface area contributed by atoms with Crippen molar-refractivity contribution in [2.45, 2.75) is 39.5 Å². The Bertz CT molecular complexity index is 293. The van der Waals surface area contributed by atoms with Gasteiger partial charge in [0.15, 0.2) is 0 Å². The third-order valence-electron chi connectivity index (χ3n) is 4.74. The minimum Gasteiger partial charge on any atom is -0.384 e. The second kappa shape index (κ2) is 5.70. The van der Waals surface area contributed by atoms with Crippen LogP contribution in [0.5, 0.6) is 0 Å². The van der Waals surface area contributed by atoms with Crippen LogP contribution in [0.1, 0.15) is 39.5 Å². The average Bonchev–Trinajstić information content (AvgIpc) is 2.59. The fraction of sp³-hybridized carbons (Fsp3) is 0.933. The number of hydrogen-bond donors (Lipinski definition) is 0. The summed E-state index contributed by atoms with van der Waals surface area (Å²) in [6.45, 7) is 8.35. The van der Waals surface area contributed by atoms with Crippen LogP contribution in [-0.4, -0.2) is 44.0 Å². The number of carbonyl (C=O) groups is 1. The van der Waals surface area contributed by atoms with Gasteiger partial charge in [-0.1, -0.05) is 13.8 Å². The molecule has 1 heterocycles. The Kier molecular flexibility index (Phi) is 4.44. The van der Waals surface area contributed by atoms with E-state index < -0.39 is 0 Å². The number of piperidine rings is 1. The highest BCUT2D eigenvalue weighted by Gasteiger charge is 2.40. The van der Waals surface area contributed by atoms with Crippen molar-refractivity contribution in [1.29, 1.82) is 0 Å². The monoisotopic (exact) mass is 253 g/mol. The van der Waals surface area contributed by atoms with Gasteiger partial charge in [-0.3, -0.25) is 4.79 Å². The van der Waals surface area contributed by atoms with Gasteiger partial charge in [0.2, 0.25) is 0 Å². The van der Waals surface area contributed by atoms with Gasteiger partial charge in [-0.15, -0.1) is 0 Å². The first-order chi connectivity index (χ1) is 8.53. The highest BCUT2D eigenvalue weighted by atomic mass is 16.5. The first kappa shape index (κ1) is 14.0. The van der Waals surface area contributed by atoms with Crippen molar-refractivity contribution in [3.63, 3.8) is 0 Å². The number of carbonyl (C=O) groups excluding carboxylic acids is 1. The number of methoxy groups -OCH3 is 1. The fourth-order valence-electron chi connectivity index (χ4n) is 3.40. The van der Waals surface area contributed by atoms with Gasteiger partial charge >= 0.3 is 0 Å². The Labute approximate surface area is 111 Å². The normalized spacial score (nSPS) is 29.9. The van der Waals surface area contributed by atoms with Gasteiger partial charge < -0.3 is 9.64 Å². The van der Waals surface area contributed by atoms with Gasteiger partial charge in [-0.25, -0.2) is 0 Å². The van der Waals surface area contributed by atoms with Crippen molar-refractivity contribution in [1.82, 2.24) is 4.90 Å². The van der Waals surface area contributed by atoms with E-state index in [1.807, 2.05) is 0 Å². The second-order valence-corrected chi connectivity index (χ2v) is 6.68. The van der Waals surface area contributed by atoms with Crippen LogP contribution in [-0.2, 0) is 9.53 Å². The molecular formula is C15H27NO2. The van der Waals surface area contributed by atoms with E-state index in [0.717, 1.165) is 45.0 Å². The number of likely N-dealkylation sites (tertiary alicyclic amines) is 1. The molecular weight excluding hydrogens is 226 g/mol. The number of nitrogens with zero attached hydrogens (tertiary/aromatic N) is 1. The van der Waals surface area contributed by atoms with Crippen LogP contribution in [0.25, 0.3) is 0 Å². The lowest BCUT2D eigenvalue weighted by Crippen LogP contribution is -2.39. The zero-order valence-electron chi connectivity index (χ0n) is 12.1. The Morgan fingerprint density at radius 2 is 1.94 bits per heavy atom. The maximum absolute atomic E-state index is 12.2. The van der Waals surface area contributed by atoms with Gasteiger partial charge in [0, 0.05) is 31.6 Å². The Morgan fingerprint density at radius 1 is 1.28 bits per heavy atom. The predicted octanol–water partition coefficient (Wildman–Crippen LogP) is 2.35. The summed E-state index contributed by atoms with van der Waals surface area (Å²) in [6, 6.07) is 0. The summed E-state index contributed by atoms with van der Waals surface area (Å²) >= 11 is 0. The van der Waals surface area contributed by atoms with E-state index in [-0.39, 0.29) is 5.41 Å². The summed E-state index contributed by atoms with van der Waals surface area (Å²) in [5, 5.41) is 0. The Hall–Kier alpha value is -0.410. The quantitative estimate of drug-likeness (QED) is 0.770. The molecule has 0 bridgehead atoms. The average molecular weight is 253 g/mol. The number of hydrogen-bond acceptors (Lipinski definition) is 3. The van der Waals surface area contributed by atoms with Crippen molar-refractivity contribution in [2.75, 3.05) is 33.4 Å². The van der Waals surface area contributed by atoms with Crippen molar-refractivity contribution >= 4 is 5.78 Å². The molecule has 0 aromatic carbocycles. The summed E-state index contributed by atoms with van der Waals surface area (Å²) < 4.78 is 5.22. The molecule has 1 saturated heterocycles. The van der Waals surface area contributed by atoms with Gasteiger partial charge in [0.05, 0.1) is 0 Å². The van der Waals surface area contributed by atoms with Crippen LogP contribution >= 0.6 is 0 Å². The lowest BCUT2D eigenvalue weighted by Gasteiger charge is -2.33. The Morgan fingerprint density at radius 3 is 2.44 bits per heavy atom. The molecule has 18 heavy (non-hydrogen) atoms. The zero-order valence-corrected chi connectivity index (χ0v) is 12.1. The molecule has 2 rings (SSSR count). The molecule has 3 heteroatoms. The Balaban J connectivity index is 1.77. The van der Waals surface area contributed by atoms with Crippen molar-refractivity contribution in [3.05, 3.63) is 0 Å². The SMILES string of the molecule is COCC1CCN(CC2CCC(C)(C)C2=O)CC1. The maximum Gasteiger partial charge on any atom is 0.142 e. The van der Waals surface area contributed by atoms with Crippen LogP contribution in [0.3, 0.4) is 0 Å². The topological polar surface area (TPSA) is 29.5 Å². The number of Topliss-reactive ketones (excluding diaryl/α,β-unsaturated/α-hetero) is 1. The molecule has 1 unspecified atom stereocenters. The standard InChI is InChI=1S/C15H27NO2/c1-15(2)7-4-13(14(15)17)10-16-8-5-12(6-9-16)11-18-3/h12-13H,4-11H2,1-3H3. The van der Waals surface area contributed by atoms with Crippen molar-refractivity contribution in [3.8, 4) is 0 Å². The summed E-state index contributed by atoms with van der Waals surface area (Å²) in [7, 11) is 1.78. The van der Waals surface area contributed by atoms with Crippen molar-refractivity contribution in [2.24, 2.45) is 17.3 Å². The van der Waals surface area contributed by atoms with E-state index in [4.69, 9.17) is 4.74 Å². The molecule has 1 saturated carbocycles. The smallest absolute Gasteiger partial charge is 0.142 e. The molecule has 2 aliphatic rings. The molecule has 0 N–H and O–H groups in total. The number of ether oxygens (including phenoxy) is 1. The van der Waals surface area contributed by atoms with E-state index >= 15 is 0 Å². The minimum atomic E-state index is -0.0704. The van der Waals surface area contributed by atoms with Crippen molar-refractivity contribution < 1.29 is 9.53 Å². The first-order valence-corrected chi connectivity index (χ1v) is 7.28. The van der Waals surface area contributed by atoms with E-state index in [9.17, 15) is 4.79 Å². The minimum absolute atomic E-state index is 0.0704. The number of rotatable bonds is 4. The predicted molar refractivity (Wildman–Crippen MR) is 72.6 cm³/mol. The van der Waals surface area contributed by atoms with Crippen LogP contribution < -0.4 is 0 Å². The van der Waals surface area contributed by atoms with E-state index in [2.05, 4.69) is 18.7 Å². The highest BCUT2D eigenvalue weighted by molar-refractivity contribution is 5.88. The van der Waals surface area contributed by atoms with Crippen LogP contribution in [0, 0.1) is 17.3 Å². The maximum atomic E-state index is 12.2. The molecule has 3 nitrogen and oxygen atoms in total. The third kappa shape index (κ3) is 3.12. The van der Waals surface area contributed by atoms with Gasteiger partial charge in [-0.05, 0) is 44.7 Å². The van der Waals surface area contributed by atoms with Gasteiger partial charge in [0.25, 0.3) is 0 Å². The van der Waals surface area contributed by atoms with E-state index in [0.29, 0.717) is 11.7 Å². The van der Waals surface area contributed by atoms with Gasteiger partial charge in [0.1, 0.15) is 5.78 Å². The summed E-state index contributed by atoms with van der Waals surface area (Å²) in [4.78, 5) is 14.7. The van der Waals surface area contributed by atoms with E-state index in [1.165, 1.54) is 12.8 Å². The summed E-state index contributed by atoms with van der Waals surface area (Å²) in [5.41, 5.74) is -0.0704. The molecule has 2 fully saturated rings. The summed E-state index contributed by atoms with van der Waals surface area (Å²) in [5.74, 6) is 1.50. The van der Waals surface area contributed by atoms with Crippen LogP contribution in [0.2, 0.25) is 0 Å².